The van der Waals surface area contributed by atoms with E-state index in [0.717, 1.165) is 31.7 Å². The van der Waals surface area contributed by atoms with Gasteiger partial charge in [0.05, 0.1) is 6.20 Å². The molecule has 1 aliphatic rings. The topological polar surface area (TPSA) is 50.4 Å². The number of hydrogen-bond acceptors (Lipinski definition) is 4. The van der Waals surface area contributed by atoms with Crippen molar-refractivity contribution < 1.29 is 13.9 Å². The van der Waals surface area contributed by atoms with Crippen LogP contribution in [0.4, 0.5) is 4.39 Å². The summed E-state index contributed by atoms with van der Waals surface area (Å²) in [6, 6.07) is 6.20. The first-order chi connectivity index (χ1) is 11.1. The number of aromatic amines is 1. The van der Waals surface area contributed by atoms with Gasteiger partial charge in [0.15, 0.2) is 0 Å². The zero-order valence-corrected chi connectivity index (χ0v) is 13.5. The molecular formula is C17H22FN3O2. The van der Waals surface area contributed by atoms with E-state index in [-0.39, 0.29) is 11.4 Å². The molecule has 0 aliphatic carbocycles. The summed E-state index contributed by atoms with van der Waals surface area (Å²) in [4.78, 5) is 2.33. The van der Waals surface area contributed by atoms with E-state index in [2.05, 4.69) is 15.1 Å². The fourth-order valence-electron chi connectivity index (χ4n) is 2.95. The molecule has 0 saturated carbocycles. The Morgan fingerprint density at radius 1 is 1.43 bits per heavy atom. The van der Waals surface area contributed by atoms with Crippen LogP contribution in [-0.4, -0.2) is 47.5 Å². The number of rotatable bonds is 6. The van der Waals surface area contributed by atoms with Gasteiger partial charge in [0, 0.05) is 44.1 Å². The number of aromatic nitrogens is 2. The largest absolute Gasteiger partial charge is 0.490 e. The van der Waals surface area contributed by atoms with Gasteiger partial charge in [-0.3, -0.25) is 10.00 Å². The summed E-state index contributed by atoms with van der Waals surface area (Å²) < 4.78 is 24.7. The number of hydrogen-bond donors (Lipinski definition) is 1. The van der Waals surface area contributed by atoms with Gasteiger partial charge in [-0.2, -0.15) is 5.10 Å². The summed E-state index contributed by atoms with van der Waals surface area (Å²) in [6.45, 7) is 4.99. The maximum Gasteiger partial charge on any atom is 0.126 e. The number of aryl methyl sites for hydroxylation is 1. The van der Waals surface area contributed by atoms with Crippen molar-refractivity contribution >= 4 is 0 Å². The quantitative estimate of drug-likeness (QED) is 0.889. The van der Waals surface area contributed by atoms with E-state index in [4.69, 9.17) is 9.47 Å². The van der Waals surface area contributed by atoms with E-state index >= 15 is 0 Å². The molecule has 124 valence electrons. The Labute approximate surface area is 135 Å². The number of halogens is 1. The van der Waals surface area contributed by atoms with Gasteiger partial charge >= 0.3 is 0 Å². The van der Waals surface area contributed by atoms with E-state index in [1.807, 2.05) is 13.1 Å². The summed E-state index contributed by atoms with van der Waals surface area (Å²) in [5.74, 6) is 0.239. The van der Waals surface area contributed by atoms with Crippen molar-refractivity contribution in [3.8, 4) is 5.75 Å². The molecular weight excluding hydrogens is 297 g/mol. The van der Waals surface area contributed by atoms with Crippen LogP contribution in [0.15, 0.2) is 30.5 Å². The van der Waals surface area contributed by atoms with Gasteiger partial charge in [-0.05, 0) is 25.5 Å². The van der Waals surface area contributed by atoms with Crippen LogP contribution in [0.3, 0.4) is 0 Å². The Morgan fingerprint density at radius 2 is 2.30 bits per heavy atom. The highest BCUT2D eigenvalue weighted by Gasteiger charge is 2.39. The van der Waals surface area contributed by atoms with Gasteiger partial charge in [0.25, 0.3) is 0 Å². The Kier molecular flexibility index (Phi) is 4.63. The molecule has 0 amide bonds. The van der Waals surface area contributed by atoms with E-state index in [1.165, 1.54) is 17.7 Å². The van der Waals surface area contributed by atoms with Gasteiger partial charge in [-0.1, -0.05) is 6.07 Å². The minimum absolute atomic E-state index is 0.294. The number of likely N-dealkylation sites (tertiary alicyclic amines) is 1. The van der Waals surface area contributed by atoms with E-state index in [9.17, 15) is 4.39 Å². The van der Waals surface area contributed by atoms with Crippen LogP contribution in [0.5, 0.6) is 5.75 Å². The van der Waals surface area contributed by atoms with Gasteiger partial charge in [0.1, 0.15) is 23.8 Å². The first-order valence-electron chi connectivity index (χ1n) is 7.75. The molecule has 1 aliphatic heterocycles. The number of ether oxygens (including phenoxy) is 2. The number of methoxy groups -OCH3 is 1. The third-order valence-corrected chi connectivity index (χ3v) is 4.45. The lowest BCUT2D eigenvalue weighted by molar-refractivity contribution is -0.0360. The summed E-state index contributed by atoms with van der Waals surface area (Å²) >= 11 is 0. The zero-order valence-electron chi connectivity index (χ0n) is 13.5. The number of nitrogens with one attached hydrogen (secondary N) is 1. The molecule has 0 radical (unpaired) electrons. The lowest BCUT2D eigenvalue weighted by Crippen LogP contribution is -2.41. The molecule has 6 heteroatoms. The van der Waals surface area contributed by atoms with Crippen molar-refractivity contribution in [1.82, 2.24) is 15.1 Å². The zero-order chi connectivity index (χ0) is 16.3. The molecule has 2 heterocycles. The second-order valence-electron chi connectivity index (χ2n) is 6.11. The van der Waals surface area contributed by atoms with Crippen molar-refractivity contribution in [2.45, 2.75) is 25.5 Å². The summed E-state index contributed by atoms with van der Waals surface area (Å²) in [5.41, 5.74) is 1.93. The van der Waals surface area contributed by atoms with Crippen LogP contribution in [0.25, 0.3) is 0 Å². The Bertz CT molecular complexity index is 661. The molecule has 1 N–H and O–H groups in total. The SMILES string of the molecule is COC1(COc2cccc(F)c2)CCN(Cc2cn[nH]c2C)C1. The highest BCUT2D eigenvalue weighted by Crippen LogP contribution is 2.28. The number of nitrogens with zero attached hydrogens (tertiary/aromatic N) is 2. The molecule has 1 fully saturated rings. The van der Waals surface area contributed by atoms with E-state index < -0.39 is 0 Å². The average Bonchev–Trinajstić information content (AvgIpc) is 3.14. The highest BCUT2D eigenvalue weighted by atomic mass is 19.1. The normalized spacial score (nSPS) is 21.7. The van der Waals surface area contributed by atoms with Crippen LogP contribution < -0.4 is 4.74 Å². The van der Waals surface area contributed by atoms with Crippen molar-refractivity contribution in [2.75, 3.05) is 26.8 Å². The summed E-state index contributed by atoms with van der Waals surface area (Å²) in [7, 11) is 1.71. The lowest BCUT2D eigenvalue weighted by atomic mass is 10.0. The van der Waals surface area contributed by atoms with Crippen molar-refractivity contribution in [2.24, 2.45) is 0 Å². The van der Waals surface area contributed by atoms with E-state index in [0.29, 0.717) is 12.4 Å². The number of H-pyrrole nitrogens is 1. The van der Waals surface area contributed by atoms with Crippen LogP contribution in [0.2, 0.25) is 0 Å². The van der Waals surface area contributed by atoms with Crippen LogP contribution >= 0.6 is 0 Å². The third-order valence-electron chi connectivity index (χ3n) is 4.45. The van der Waals surface area contributed by atoms with Crippen LogP contribution in [-0.2, 0) is 11.3 Å². The fraction of sp³-hybridized carbons (Fsp3) is 0.471. The Balaban J connectivity index is 1.60. The minimum Gasteiger partial charge on any atom is -0.490 e. The predicted molar refractivity (Wildman–Crippen MR) is 84.9 cm³/mol. The number of benzene rings is 1. The second kappa shape index (κ2) is 6.68. The van der Waals surface area contributed by atoms with Crippen LogP contribution in [0.1, 0.15) is 17.7 Å². The molecule has 1 atom stereocenters. The minimum atomic E-state index is -0.357. The van der Waals surface area contributed by atoms with Crippen LogP contribution in [0, 0.1) is 12.7 Å². The van der Waals surface area contributed by atoms with Gasteiger partial charge in [0.2, 0.25) is 0 Å². The van der Waals surface area contributed by atoms with Gasteiger partial charge in [-0.25, -0.2) is 4.39 Å². The first kappa shape index (κ1) is 16.0. The molecule has 0 bridgehead atoms. The first-order valence-corrected chi connectivity index (χ1v) is 7.75. The monoisotopic (exact) mass is 319 g/mol. The molecule has 1 aromatic carbocycles. The molecule has 3 rings (SSSR count). The van der Waals surface area contributed by atoms with Crippen molar-refractivity contribution in [3.05, 3.63) is 47.5 Å². The van der Waals surface area contributed by atoms with Crippen molar-refractivity contribution in [1.29, 1.82) is 0 Å². The molecule has 1 saturated heterocycles. The summed E-state index contributed by atoms with van der Waals surface area (Å²) in [6.07, 6.45) is 2.75. The second-order valence-corrected chi connectivity index (χ2v) is 6.11. The third kappa shape index (κ3) is 3.71. The van der Waals surface area contributed by atoms with Gasteiger partial charge < -0.3 is 9.47 Å². The summed E-state index contributed by atoms with van der Waals surface area (Å²) in [5, 5.41) is 7.02. The van der Waals surface area contributed by atoms with Crippen molar-refractivity contribution in [3.63, 3.8) is 0 Å². The average molecular weight is 319 g/mol. The molecule has 5 nitrogen and oxygen atoms in total. The fourth-order valence-corrected chi connectivity index (χ4v) is 2.95. The van der Waals surface area contributed by atoms with E-state index in [1.54, 1.807) is 19.2 Å². The Hall–Kier alpha value is -1.92. The molecule has 23 heavy (non-hydrogen) atoms. The molecule has 0 spiro atoms. The molecule has 2 aromatic rings. The standard InChI is InChI=1S/C17H22FN3O2/c1-13-14(9-19-20-13)10-21-7-6-17(11-21,22-2)12-23-16-5-3-4-15(18)8-16/h3-5,8-9H,6-7,10-12H2,1-2H3,(H,19,20). The molecule has 1 aromatic heterocycles. The Morgan fingerprint density at radius 3 is 3.00 bits per heavy atom. The maximum absolute atomic E-state index is 13.2. The highest BCUT2D eigenvalue weighted by molar-refractivity contribution is 5.22. The molecule has 1 unspecified atom stereocenters. The van der Waals surface area contributed by atoms with Gasteiger partial charge in [-0.15, -0.1) is 0 Å². The smallest absolute Gasteiger partial charge is 0.126 e. The predicted octanol–water partition coefficient (Wildman–Crippen LogP) is 2.53. The maximum atomic E-state index is 13.2. The lowest BCUT2D eigenvalue weighted by Gasteiger charge is -2.28.